The highest BCUT2D eigenvalue weighted by Crippen LogP contribution is 2.35. The van der Waals surface area contributed by atoms with Gasteiger partial charge in [0.1, 0.15) is 0 Å². The highest BCUT2D eigenvalue weighted by Gasteiger charge is 2.46. The van der Waals surface area contributed by atoms with Crippen LogP contribution in [0.5, 0.6) is 0 Å². The number of hydrogen-bond donors (Lipinski definition) is 2. The number of allylic oxidation sites excluding steroid dienone is 2. The second-order valence-electron chi connectivity index (χ2n) is 7.58. The first kappa shape index (κ1) is 21.2. The molecule has 0 radical (unpaired) electrons. The molecule has 8 nitrogen and oxygen atoms in total. The number of nitrogens with one attached hydrogen (secondary N) is 2. The van der Waals surface area contributed by atoms with Crippen LogP contribution in [-0.4, -0.2) is 43.6 Å². The van der Waals surface area contributed by atoms with Gasteiger partial charge in [0.2, 0.25) is 27.7 Å². The molecule has 1 aliphatic carbocycles. The standard InChI is InChI=1S/C20H25N3O5S/c1-13(2)22-29(27,28)15-9-7-14(8-10-15)21-18(24)11-12-23-19(25)16-5-3-4-6-17(16)20(23)26/h3-4,7-10,13,16-17,22H,5-6,11-12H2,1-2H3,(H,21,24)/t16-,17-/m0/s1. The lowest BCUT2D eigenvalue weighted by atomic mass is 9.85. The molecule has 0 aromatic heterocycles. The average Bonchev–Trinajstić information content (AvgIpc) is 2.90. The third-order valence-electron chi connectivity index (χ3n) is 5.00. The van der Waals surface area contributed by atoms with Crippen LogP contribution in [0, 0.1) is 11.8 Å². The van der Waals surface area contributed by atoms with Crippen LogP contribution in [-0.2, 0) is 24.4 Å². The number of benzene rings is 1. The van der Waals surface area contributed by atoms with Crippen LogP contribution >= 0.6 is 0 Å². The second-order valence-corrected chi connectivity index (χ2v) is 9.30. The van der Waals surface area contributed by atoms with E-state index in [2.05, 4.69) is 10.0 Å². The lowest BCUT2D eigenvalue weighted by Crippen LogP contribution is -2.34. The van der Waals surface area contributed by atoms with Gasteiger partial charge in [0, 0.05) is 24.7 Å². The van der Waals surface area contributed by atoms with Crippen molar-refractivity contribution in [2.75, 3.05) is 11.9 Å². The van der Waals surface area contributed by atoms with Gasteiger partial charge in [0.05, 0.1) is 16.7 Å². The molecule has 2 N–H and O–H groups in total. The van der Waals surface area contributed by atoms with Gasteiger partial charge in [-0.25, -0.2) is 13.1 Å². The Morgan fingerprint density at radius 1 is 1.07 bits per heavy atom. The van der Waals surface area contributed by atoms with E-state index in [4.69, 9.17) is 0 Å². The number of amides is 3. The molecule has 2 aliphatic rings. The van der Waals surface area contributed by atoms with Gasteiger partial charge in [0.15, 0.2) is 0 Å². The lowest BCUT2D eigenvalue weighted by Gasteiger charge is -2.14. The third-order valence-corrected chi connectivity index (χ3v) is 6.68. The summed E-state index contributed by atoms with van der Waals surface area (Å²) in [5.74, 6) is -1.36. The zero-order valence-corrected chi connectivity index (χ0v) is 17.2. The van der Waals surface area contributed by atoms with Crippen LogP contribution in [0.1, 0.15) is 33.1 Å². The van der Waals surface area contributed by atoms with Crippen molar-refractivity contribution in [1.82, 2.24) is 9.62 Å². The summed E-state index contributed by atoms with van der Waals surface area (Å²) in [5.41, 5.74) is 0.440. The first-order chi connectivity index (χ1) is 13.7. The summed E-state index contributed by atoms with van der Waals surface area (Å²) in [4.78, 5) is 38.3. The van der Waals surface area contributed by atoms with Crippen molar-refractivity contribution in [1.29, 1.82) is 0 Å². The van der Waals surface area contributed by atoms with E-state index >= 15 is 0 Å². The van der Waals surface area contributed by atoms with E-state index in [1.165, 1.54) is 29.2 Å². The van der Waals surface area contributed by atoms with Crippen molar-refractivity contribution in [2.24, 2.45) is 11.8 Å². The molecule has 0 saturated carbocycles. The number of nitrogens with zero attached hydrogens (tertiary/aromatic N) is 1. The van der Waals surface area contributed by atoms with E-state index in [1.807, 2.05) is 12.2 Å². The van der Waals surface area contributed by atoms with Gasteiger partial charge in [-0.15, -0.1) is 0 Å². The summed E-state index contributed by atoms with van der Waals surface area (Å²) in [5, 5.41) is 2.66. The van der Waals surface area contributed by atoms with E-state index in [1.54, 1.807) is 13.8 Å². The van der Waals surface area contributed by atoms with Crippen molar-refractivity contribution in [2.45, 2.75) is 44.0 Å². The monoisotopic (exact) mass is 419 g/mol. The van der Waals surface area contributed by atoms with Crippen molar-refractivity contribution in [3.8, 4) is 0 Å². The molecule has 0 bridgehead atoms. The van der Waals surface area contributed by atoms with Crippen LogP contribution < -0.4 is 10.0 Å². The second kappa shape index (κ2) is 8.46. The Morgan fingerprint density at radius 2 is 1.62 bits per heavy atom. The third kappa shape index (κ3) is 4.73. The zero-order valence-electron chi connectivity index (χ0n) is 16.4. The summed E-state index contributed by atoms with van der Waals surface area (Å²) < 4.78 is 26.7. The predicted octanol–water partition coefficient (Wildman–Crippen LogP) is 1.65. The first-order valence-electron chi connectivity index (χ1n) is 9.61. The maximum atomic E-state index is 12.4. The summed E-state index contributed by atoms with van der Waals surface area (Å²) in [6.45, 7) is 3.50. The summed E-state index contributed by atoms with van der Waals surface area (Å²) >= 11 is 0. The van der Waals surface area contributed by atoms with E-state index in [9.17, 15) is 22.8 Å². The predicted molar refractivity (Wildman–Crippen MR) is 107 cm³/mol. The number of rotatable bonds is 7. The Balaban J connectivity index is 1.55. The molecule has 3 amide bonds. The van der Waals surface area contributed by atoms with Gasteiger partial charge in [-0.3, -0.25) is 19.3 Å². The van der Waals surface area contributed by atoms with E-state index < -0.39 is 10.0 Å². The van der Waals surface area contributed by atoms with Crippen molar-refractivity contribution in [3.63, 3.8) is 0 Å². The summed E-state index contributed by atoms with van der Waals surface area (Å²) in [7, 11) is -3.60. The molecule has 1 aromatic carbocycles. The molecular formula is C20H25N3O5S. The molecule has 0 spiro atoms. The molecule has 2 atom stereocenters. The number of likely N-dealkylation sites (tertiary alicyclic amines) is 1. The fourth-order valence-electron chi connectivity index (χ4n) is 3.62. The number of carbonyl (C=O) groups excluding carboxylic acids is 3. The topological polar surface area (TPSA) is 113 Å². The van der Waals surface area contributed by atoms with Crippen molar-refractivity contribution in [3.05, 3.63) is 36.4 Å². The molecule has 1 fully saturated rings. The minimum Gasteiger partial charge on any atom is -0.326 e. The molecular weight excluding hydrogens is 394 g/mol. The fraction of sp³-hybridized carbons (Fsp3) is 0.450. The number of anilines is 1. The molecule has 156 valence electrons. The molecule has 1 aliphatic heterocycles. The number of fused-ring (bicyclic) bond motifs is 1. The lowest BCUT2D eigenvalue weighted by molar-refractivity contribution is -0.140. The Kier molecular flexibility index (Phi) is 6.18. The largest absolute Gasteiger partial charge is 0.326 e. The smallest absolute Gasteiger partial charge is 0.240 e. The minimum atomic E-state index is -3.60. The Bertz CT molecular complexity index is 911. The first-order valence-corrected chi connectivity index (χ1v) is 11.1. The van der Waals surface area contributed by atoms with E-state index in [-0.39, 0.29) is 53.5 Å². The number of carbonyl (C=O) groups is 3. The van der Waals surface area contributed by atoms with Gasteiger partial charge in [-0.05, 0) is 51.0 Å². The maximum absolute atomic E-state index is 12.4. The molecule has 29 heavy (non-hydrogen) atoms. The molecule has 1 heterocycles. The van der Waals surface area contributed by atoms with Crippen molar-refractivity contribution < 1.29 is 22.8 Å². The van der Waals surface area contributed by atoms with E-state index in [0.29, 0.717) is 18.5 Å². The number of hydrogen-bond acceptors (Lipinski definition) is 5. The molecule has 0 unspecified atom stereocenters. The summed E-state index contributed by atoms with van der Waals surface area (Å²) in [6.07, 6.45) is 4.96. The molecule has 1 saturated heterocycles. The Hall–Kier alpha value is -2.52. The van der Waals surface area contributed by atoms with Gasteiger partial charge in [-0.1, -0.05) is 12.2 Å². The SMILES string of the molecule is CC(C)NS(=O)(=O)c1ccc(NC(=O)CCN2C(=O)[C@H]3CC=CC[C@@H]3C2=O)cc1. The van der Waals surface area contributed by atoms with Crippen LogP contribution in [0.2, 0.25) is 0 Å². The van der Waals surface area contributed by atoms with Crippen LogP contribution in [0.4, 0.5) is 5.69 Å². The molecule has 1 aromatic rings. The zero-order chi connectivity index (χ0) is 21.2. The van der Waals surface area contributed by atoms with Gasteiger partial charge < -0.3 is 5.32 Å². The average molecular weight is 420 g/mol. The Labute approximate surface area is 170 Å². The Morgan fingerprint density at radius 3 is 2.14 bits per heavy atom. The minimum absolute atomic E-state index is 0.0146. The van der Waals surface area contributed by atoms with Gasteiger partial charge in [-0.2, -0.15) is 0 Å². The van der Waals surface area contributed by atoms with Crippen LogP contribution in [0.25, 0.3) is 0 Å². The van der Waals surface area contributed by atoms with Crippen molar-refractivity contribution >= 4 is 33.4 Å². The number of imide groups is 1. The number of sulfonamides is 1. The molecule has 9 heteroatoms. The summed E-state index contributed by atoms with van der Waals surface area (Å²) in [6, 6.07) is 5.59. The van der Waals surface area contributed by atoms with E-state index in [0.717, 1.165) is 0 Å². The quantitative estimate of drug-likeness (QED) is 0.515. The normalized spacial score (nSPS) is 21.6. The van der Waals surface area contributed by atoms with Gasteiger partial charge >= 0.3 is 0 Å². The van der Waals surface area contributed by atoms with Gasteiger partial charge in [0.25, 0.3) is 0 Å². The molecule has 3 rings (SSSR count). The maximum Gasteiger partial charge on any atom is 0.240 e. The highest BCUT2D eigenvalue weighted by molar-refractivity contribution is 7.89. The van der Waals surface area contributed by atoms with Crippen LogP contribution in [0.3, 0.4) is 0 Å². The van der Waals surface area contributed by atoms with Crippen LogP contribution in [0.15, 0.2) is 41.3 Å². The fourth-order valence-corrected chi connectivity index (χ4v) is 4.87. The highest BCUT2D eigenvalue weighted by atomic mass is 32.2.